The summed E-state index contributed by atoms with van der Waals surface area (Å²) in [4.78, 5) is 38.2. The number of nitrogens with one attached hydrogen (secondary N) is 5. The van der Waals surface area contributed by atoms with Crippen molar-refractivity contribution in [3.8, 4) is 135 Å². The van der Waals surface area contributed by atoms with Gasteiger partial charge in [0, 0.05) is 263 Å². The lowest BCUT2D eigenvalue weighted by atomic mass is 9.66. The Bertz CT molecular complexity index is 6940. The van der Waals surface area contributed by atoms with Crippen molar-refractivity contribution in [1.82, 2.24) is 123 Å². The van der Waals surface area contributed by atoms with E-state index in [1.165, 1.54) is 6.26 Å². The van der Waals surface area contributed by atoms with Gasteiger partial charge in [-0.2, -0.15) is 40.8 Å². The van der Waals surface area contributed by atoms with E-state index in [1.807, 2.05) is 228 Å². The van der Waals surface area contributed by atoms with Crippen molar-refractivity contribution in [3.05, 3.63) is 221 Å². The van der Waals surface area contributed by atoms with Crippen molar-refractivity contribution in [2.24, 2.45) is 73.6 Å². The lowest BCUT2D eigenvalue weighted by Crippen LogP contribution is -2.49. The monoisotopic (exact) mass is 1830 g/mol. The lowest BCUT2D eigenvalue weighted by molar-refractivity contribution is -0.0172. The summed E-state index contributed by atoms with van der Waals surface area (Å²) in [6.07, 6.45) is 47.0. The molecule has 0 amide bonds. The maximum atomic E-state index is 11.7. The van der Waals surface area contributed by atoms with Crippen LogP contribution in [0.3, 0.4) is 0 Å². The molecule has 12 aromatic heterocycles. The van der Waals surface area contributed by atoms with Crippen LogP contribution < -0.4 is 26.0 Å². The van der Waals surface area contributed by atoms with Crippen LogP contribution in [0.25, 0.3) is 135 Å². The first-order chi connectivity index (χ1) is 64.0. The molecule has 0 aliphatic heterocycles. The highest BCUT2D eigenvalue weighted by molar-refractivity contribution is 7.90. The van der Waals surface area contributed by atoms with E-state index in [0.29, 0.717) is 73.2 Å². The standard InChI is InChI=1S/C26H31N7O2S.C24H27N7O2.C23H25N7O.C22H26N8O2S/c1-32-15-21(12-28-32)19-5-4-6-20(11-19)25-27-14-24(22-13-29-33(2)16-22)26(31-25)30-23-9-7-18(8-10-23)17-36(3,34)35;1-30-12-18(9-26-30)16-4-3-5-17(6-16)22-25-11-21(19-10-27-31(2)13-19)23(29-22)28-20-7-24(8-20,14-32)15-33;1-29-13-18(10-26-29)16-4-3-5-17(8-16)22-25-12-21(19-11-27-30(2)14-19)23(28-22)24-9-15-6-20(31)7-15;1-29-14-18(11-25-29)16-6-4-7-17(10-16)21-24-13-20(19-12-26-30(2)15-19)22(28-21)23-8-5-9-27-33(3,31)32/h4-6,11-16,18,23H,7-10,17H2,1-3H3,(H,27,30,31);3-6,9-13,20,32-33H,7-8,14-15H2,1-2H3,(H,25,28,29);3-5,8,10-15,20,31H,6-7,9H2,1-2H3,(H,24,25,28);4,6-7,10-15,27H,5,8-9H2,1-3H3,(H,23,24,28). The number of nitrogens with zero attached hydrogens (tertiary/aromatic N) is 24. The Labute approximate surface area is 771 Å². The van der Waals surface area contributed by atoms with Crippen LogP contribution in [-0.4, -0.2) is 220 Å². The van der Waals surface area contributed by atoms with E-state index in [4.69, 9.17) is 24.9 Å². The van der Waals surface area contributed by atoms with Crippen molar-refractivity contribution >= 4 is 43.1 Å². The first-order valence-electron chi connectivity index (χ1n) is 43.9. The number of sulfonamides is 1. The Hall–Kier alpha value is -14.2. The van der Waals surface area contributed by atoms with Crippen molar-refractivity contribution in [1.29, 1.82) is 0 Å². The average Bonchev–Trinajstić information content (AvgIpc) is 1.40. The van der Waals surface area contributed by atoms with Crippen LogP contribution >= 0.6 is 0 Å². The Kier molecular flexibility index (Phi) is 28.2. The second-order valence-electron chi connectivity index (χ2n) is 34.7. The van der Waals surface area contributed by atoms with Gasteiger partial charge in [-0.25, -0.2) is 61.4 Å². The quantitative estimate of drug-likeness (QED) is 0.0202. The van der Waals surface area contributed by atoms with E-state index in [2.05, 4.69) is 112 Å². The van der Waals surface area contributed by atoms with Gasteiger partial charge < -0.3 is 36.6 Å². The molecule has 3 aliphatic carbocycles. The Morgan fingerprint density at radius 1 is 0.361 bits per heavy atom. The van der Waals surface area contributed by atoms with E-state index in [-0.39, 0.29) is 43.1 Å². The minimum absolute atomic E-state index is 0.0205. The second kappa shape index (κ2) is 40.7. The number of rotatable bonds is 29. The Balaban J connectivity index is 0.000000129. The first-order valence-corrected chi connectivity index (χ1v) is 47.9. The number of aliphatic hydroxyl groups is 3. The summed E-state index contributed by atoms with van der Waals surface area (Å²) in [6, 6.07) is 32.8. The molecule has 3 fully saturated rings. The average molecular weight is 1830 g/mol. The molecule has 3 saturated carbocycles. The molecule has 0 atom stereocenters. The zero-order chi connectivity index (χ0) is 93.1. The van der Waals surface area contributed by atoms with Gasteiger partial charge in [0.15, 0.2) is 23.3 Å². The SMILES string of the molecule is Cn1cc(-c2cccc(-c3ncc(-c4cnn(C)c4)c(NC4CC(CO)(CO)C4)n3)c2)cn1.Cn1cc(-c2cccc(-c3ncc(-c4cnn(C)c4)c(NC4CCC(CS(C)(=O)=O)CC4)n3)c2)cn1.Cn1cc(-c2cccc(-c3ncc(-c4cnn(C)c4)c(NCC4CC(O)C4)n3)c2)cn1.Cn1cc(-c2cccc(-c3ncc(-c4cnn(C)c4)c(NCCCNS(C)(=O)=O)n3)c2)cn1. The van der Waals surface area contributed by atoms with Crippen molar-refractivity contribution in [2.45, 2.75) is 76.0 Å². The van der Waals surface area contributed by atoms with Crippen LogP contribution in [0, 0.1) is 17.3 Å². The zero-order valence-corrected chi connectivity index (χ0v) is 77.4. The van der Waals surface area contributed by atoms with Gasteiger partial charge in [-0.3, -0.25) is 37.5 Å². The zero-order valence-electron chi connectivity index (χ0n) is 75.8. The predicted molar refractivity (Wildman–Crippen MR) is 513 cm³/mol. The van der Waals surface area contributed by atoms with Crippen molar-refractivity contribution in [2.75, 3.05) is 72.4 Å². The summed E-state index contributed by atoms with van der Waals surface area (Å²) < 4.78 is 62.6. The summed E-state index contributed by atoms with van der Waals surface area (Å²) in [5.74, 6) is 6.40. The van der Waals surface area contributed by atoms with Gasteiger partial charge in [0.25, 0.3) is 0 Å². The van der Waals surface area contributed by atoms with E-state index < -0.39 is 25.3 Å². The number of hydrogen-bond donors (Lipinski definition) is 8. The summed E-state index contributed by atoms with van der Waals surface area (Å²) in [6.45, 7) is 1.62. The minimum Gasteiger partial charge on any atom is -0.396 e. The van der Waals surface area contributed by atoms with Crippen molar-refractivity contribution in [3.63, 3.8) is 0 Å². The summed E-state index contributed by atoms with van der Waals surface area (Å²) in [7, 11) is 8.94. The van der Waals surface area contributed by atoms with Crippen LogP contribution in [0.15, 0.2) is 221 Å². The number of benzene rings is 4. The third-order valence-electron chi connectivity index (χ3n) is 23.7. The molecule has 0 bridgehead atoms. The molecule has 38 heteroatoms. The van der Waals surface area contributed by atoms with Gasteiger partial charge in [0.2, 0.25) is 10.0 Å². The highest BCUT2D eigenvalue weighted by atomic mass is 32.2. The van der Waals surface area contributed by atoms with E-state index in [1.54, 1.807) is 56.0 Å². The topological polar surface area (TPSA) is 435 Å². The number of hydrogen-bond acceptors (Lipinski definition) is 27. The fourth-order valence-corrected chi connectivity index (χ4v) is 18.3. The summed E-state index contributed by atoms with van der Waals surface area (Å²) in [5.41, 5.74) is 18.8. The third kappa shape index (κ3) is 23.6. The highest BCUT2D eigenvalue weighted by Gasteiger charge is 2.44. The summed E-state index contributed by atoms with van der Waals surface area (Å²) in [5, 5.41) is 77.1. The fraction of sp³-hybridized carbons (Fsp3) is 0.326. The molecule has 12 heterocycles. The molecular weight excluding hydrogens is 1720 g/mol. The molecule has 8 N–H and O–H groups in total. The normalized spacial score (nSPS) is 15.9. The van der Waals surface area contributed by atoms with Crippen molar-refractivity contribution < 1.29 is 32.2 Å². The molecule has 3 aliphatic rings. The largest absolute Gasteiger partial charge is 0.396 e. The molecule has 16 aromatic rings. The maximum Gasteiger partial charge on any atom is 0.208 e. The summed E-state index contributed by atoms with van der Waals surface area (Å²) >= 11 is 0. The molecular formula is C95H109N29O7S2. The minimum atomic E-state index is -3.21. The van der Waals surface area contributed by atoms with E-state index >= 15 is 0 Å². The molecule has 19 rings (SSSR count). The Morgan fingerprint density at radius 2 is 0.662 bits per heavy atom. The molecule has 0 saturated heterocycles. The number of anilines is 4. The molecule has 4 aromatic carbocycles. The van der Waals surface area contributed by atoms with Crippen LogP contribution in [0.1, 0.15) is 57.8 Å². The van der Waals surface area contributed by atoms with Gasteiger partial charge in [-0.1, -0.05) is 72.8 Å². The van der Waals surface area contributed by atoms with Crippen LogP contribution in [-0.2, 0) is 76.2 Å². The maximum absolute atomic E-state index is 11.7. The van der Waals surface area contributed by atoms with Gasteiger partial charge in [-0.15, -0.1) is 0 Å². The number of aromatic nitrogens is 24. The third-order valence-corrected chi connectivity index (χ3v) is 25.5. The van der Waals surface area contributed by atoms with Crippen LogP contribution in [0.2, 0.25) is 0 Å². The highest BCUT2D eigenvalue weighted by Crippen LogP contribution is 2.44. The van der Waals surface area contributed by atoms with Gasteiger partial charge in [0.05, 0.1) is 80.9 Å². The molecule has 133 heavy (non-hydrogen) atoms. The molecule has 0 radical (unpaired) electrons. The number of sulfone groups is 1. The molecule has 36 nitrogen and oxygen atoms in total. The molecule has 0 spiro atoms. The fourth-order valence-electron chi connectivity index (χ4n) is 16.6. The molecule has 688 valence electrons. The molecule has 0 unspecified atom stereocenters. The van der Waals surface area contributed by atoms with E-state index in [0.717, 1.165) is 174 Å². The van der Waals surface area contributed by atoms with Crippen LogP contribution in [0.5, 0.6) is 0 Å². The smallest absolute Gasteiger partial charge is 0.208 e. The Morgan fingerprint density at radius 3 is 0.962 bits per heavy atom. The van der Waals surface area contributed by atoms with Gasteiger partial charge in [-0.05, 0) is 116 Å². The number of aryl methyl sites for hydroxylation is 8. The second-order valence-corrected chi connectivity index (χ2v) is 38.7. The van der Waals surface area contributed by atoms with Gasteiger partial charge >= 0.3 is 0 Å². The lowest BCUT2D eigenvalue weighted by Gasteiger charge is -2.45. The first kappa shape index (κ1) is 92.1. The van der Waals surface area contributed by atoms with E-state index in [9.17, 15) is 32.2 Å². The van der Waals surface area contributed by atoms with Crippen LogP contribution in [0.4, 0.5) is 23.3 Å². The van der Waals surface area contributed by atoms with Gasteiger partial charge in [0.1, 0.15) is 33.1 Å². The number of aliphatic hydroxyl groups excluding tert-OH is 3. The predicted octanol–water partition coefficient (Wildman–Crippen LogP) is 11.9.